The van der Waals surface area contributed by atoms with Crippen LogP contribution in [0, 0.1) is 0 Å². The fourth-order valence-electron chi connectivity index (χ4n) is 1.65. The molecule has 3 N–H and O–H groups in total. The predicted molar refractivity (Wildman–Crippen MR) is 74.7 cm³/mol. The Bertz CT molecular complexity index is 368. The van der Waals surface area contributed by atoms with Crippen molar-refractivity contribution in [2.45, 2.75) is 46.1 Å². The number of nitrogens with two attached hydrogens (primary N) is 1. The number of anilines is 2. The van der Waals surface area contributed by atoms with Crippen LogP contribution in [0.15, 0.2) is 6.07 Å². The Morgan fingerprint density at radius 3 is 2.61 bits per heavy atom. The first-order valence-electron chi connectivity index (χ1n) is 6.56. The van der Waals surface area contributed by atoms with Gasteiger partial charge < -0.3 is 15.8 Å². The average molecular weight is 252 g/mol. The first kappa shape index (κ1) is 14.7. The predicted octanol–water partition coefficient (Wildman–Crippen LogP) is 2.41. The average Bonchev–Trinajstić information content (AvgIpc) is 2.33. The maximum atomic E-state index is 5.70. The van der Waals surface area contributed by atoms with Gasteiger partial charge in [-0.25, -0.2) is 4.98 Å². The highest BCUT2D eigenvalue weighted by atomic mass is 16.5. The van der Waals surface area contributed by atoms with E-state index >= 15 is 0 Å². The van der Waals surface area contributed by atoms with Gasteiger partial charge in [0.15, 0.2) is 0 Å². The Hall–Kier alpha value is -1.36. The Kier molecular flexibility index (Phi) is 5.85. The number of ether oxygens (including phenoxy) is 1. The molecule has 0 saturated carbocycles. The first-order valence-corrected chi connectivity index (χ1v) is 6.56. The number of rotatable bonds is 7. The van der Waals surface area contributed by atoms with E-state index in [1.807, 2.05) is 13.0 Å². The van der Waals surface area contributed by atoms with Crippen LogP contribution in [0.2, 0.25) is 0 Å². The SMILES string of the molecule is CCO[C@H](CC)CNc1cc(C(C)C)nc(N)n1. The summed E-state index contributed by atoms with van der Waals surface area (Å²) in [5.41, 5.74) is 6.65. The maximum absolute atomic E-state index is 5.70. The summed E-state index contributed by atoms with van der Waals surface area (Å²) >= 11 is 0. The summed E-state index contributed by atoms with van der Waals surface area (Å²) in [6, 6.07) is 1.94. The van der Waals surface area contributed by atoms with Gasteiger partial charge in [-0.15, -0.1) is 0 Å². The third-order valence-electron chi connectivity index (χ3n) is 2.72. The van der Waals surface area contributed by atoms with E-state index < -0.39 is 0 Å². The number of hydrogen-bond acceptors (Lipinski definition) is 5. The second kappa shape index (κ2) is 7.16. The summed E-state index contributed by atoms with van der Waals surface area (Å²) in [7, 11) is 0. The van der Waals surface area contributed by atoms with E-state index in [9.17, 15) is 0 Å². The van der Waals surface area contributed by atoms with E-state index in [-0.39, 0.29) is 6.10 Å². The lowest BCUT2D eigenvalue weighted by molar-refractivity contribution is 0.0695. The molecule has 0 aliphatic rings. The first-order chi connectivity index (χ1) is 8.56. The molecule has 5 nitrogen and oxygen atoms in total. The number of nitrogens with one attached hydrogen (secondary N) is 1. The van der Waals surface area contributed by atoms with Gasteiger partial charge in [0.1, 0.15) is 5.82 Å². The Morgan fingerprint density at radius 2 is 2.06 bits per heavy atom. The molecule has 5 heteroatoms. The van der Waals surface area contributed by atoms with Gasteiger partial charge in [-0.2, -0.15) is 4.98 Å². The van der Waals surface area contributed by atoms with Crippen LogP contribution < -0.4 is 11.1 Å². The van der Waals surface area contributed by atoms with Crippen molar-refractivity contribution in [1.82, 2.24) is 9.97 Å². The summed E-state index contributed by atoms with van der Waals surface area (Å²) in [4.78, 5) is 8.39. The number of aromatic nitrogens is 2. The van der Waals surface area contributed by atoms with E-state index in [2.05, 4.69) is 36.1 Å². The molecule has 1 rings (SSSR count). The van der Waals surface area contributed by atoms with Crippen LogP contribution >= 0.6 is 0 Å². The van der Waals surface area contributed by atoms with Gasteiger partial charge in [0.25, 0.3) is 0 Å². The zero-order valence-corrected chi connectivity index (χ0v) is 11.7. The van der Waals surface area contributed by atoms with Gasteiger partial charge in [-0.05, 0) is 19.3 Å². The topological polar surface area (TPSA) is 73.1 Å². The zero-order chi connectivity index (χ0) is 13.5. The molecule has 0 bridgehead atoms. The van der Waals surface area contributed by atoms with E-state index in [0.29, 0.717) is 11.9 Å². The molecule has 0 amide bonds. The van der Waals surface area contributed by atoms with E-state index in [4.69, 9.17) is 10.5 Å². The van der Waals surface area contributed by atoms with Gasteiger partial charge in [0.2, 0.25) is 5.95 Å². The van der Waals surface area contributed by atoms with Crippen LogP contribution in [-0.2, 0) is 4.74 Å². The van der Waals surface area contributed by atoms with Gasteiger partial charge in [0, 0.05) is 19.2 Å². The highest BCUT2D eigenvalue weighted by Crippen LogP contribution is 2.16. The number of hydrogen-bond donors (Lipinski definition) is 2. The Morgan fingerprint density at radius 1 is 1.33 bits per heavy atom. The lowest BCUT2D eigenvalue weighted by Crippen LogP contribution is -2.23. The maximum Gasteiger partial charge on any atom is 0.222 e. The third-order valence-corrected chi connectivity index (χ3v) is 2.72. The fourth-order valence-corrected chi connectivity index (χ4v) is 1.65. The molecule has 0 radical (unpaired) electrons. The molecule has 1 heterocycles. The molecule has 0 aromatic carbocycles. The summed E-state index contributed by atoms with van der Waals surface area (Å²) in [6.07, 6.45) is 1.17. The van der Waals surface area contributed by atoms with Crippen molar-refractivity contribution in [3.63, 3.8) is 0 Å². The molecule has 1 atom stereocenters. The molecular weight excluding hydrogens is 228 g/mol. The summed E-state index contributed by atoms with van der Waals surface area (Å²) in [6.45, 7) is 9.74. The molecule has 1 aromatic heterocycles. The van der Waals surface area contributed by atoms with Crippen LogP contribution in [0.4, 0.5) is 11.8 Å². The normalized spacial score (nSPS) is 12.7. The second-order valence-corrected chi connectivity index (χ2v) is 4.56. The second-order valence-electron chi connectivity index (χ2n) is 4.56. The molecule has 0 saturated heterocycles. The Labute approximate surface area is 109 Å². The molecule has 0 aliphatic heterocycles. The van der Waals surface area contributed by atoms with Crippen LogP contribution in [0.25, 0.3) is 0 Å². The van der Waals surface area contributed by atoms with Gasteiger partial charge in [0.05, 0.1) is 11.8 Å². The lowest BCUT2D eigenvalue weighted by atomic mass is 10.1. The monoisotopic (exact) mass is 252 g/mol. The van der Waals surface area contributed by atoms with Gasteiger partial charge >= 0.3 is 0 Å². The van der Waals surface area contributed by atoms with Crippen molar-refractivity contribution in [1.29, 1.82) is 0 Å². The molecule has 102 valence electrons. The molecular formula is C13H24N4O. The lowest BCUT2D eigenvalue weighted by Gasteiger charge is -2.16. The third kappa shape index (κ3) is 4.49. The van der Waals surface area contributed by atoms with Crippen LogP contribution in [-0.4, -0.2) is 29.2 Å². The van der Waals surface area contributed by atoms with Crippen molar-refractivity contribution >= 4 is 11.8 Å². The van der Waals surface area contributed by atoms with Crippen molar-refractivity contribution in [3.8, 4) is 0 Å². The van der Waals surface area contributed by atoms with E-state index in [1.165, 1.54) is 0 Å². The fraction of sp³-hybridized carbons (Fsp3) is 0.692. The highest BCUT2D eigenvalue weighted by molar-refractivity contribution is 5.41. The van der Waals surface area contributed by atoms with Crippen LogP contribution in [0.1, 0.15) is 45.7 Å². The van der Waals surface area contributed by atoms with Crippen molar-refractivity contribution in [2.75, 3.05) is 24.2 Å². The minimum atomic E-state index is 0.202. The van der Waals surface area contributed by atoms with E-state index in [1.54, 1.807) is 0 Å². The number of nitrogens with zero attached hydrogens (tertiary/aromatic N) is 2. The van der Waals surface area contributed by atoms with Gasteiger partial charge in [-0.3, -0.25) is 0 Å². The van der Waals surface area contributed by atoms with Crippen molar-refractivity contribution < 1.29 is 4.74 Å². The quantitative estimate of drug-likeness (QED) is 0.779. The molecule has 0 unspecified atom stereocenters. The molecule has 18 heavy (non-hydrogen) atoms. The summed E-state index contributed by atoms with van der Waals surface area (Å²) in [5, 5.41) is 3.26. The molecule has 1 aromatic rings. The largest absolute Gasteiger partial charge is 0.377 e. The smallest absolute Gasteiger partial charge is 0.222 e. The standard InChI is InChI=1S/C13H24N4O/c1-5-10(18-6-2)8-15-12-7-11(9(3)4)16-13(14)17-12/h7,9-10H,5-6,8H2,1-4H3,(H3,14,15,16,17)/t10-/m1/s1. The van der Waals surface area contributed by atoms with Crippen LogP contribution in [0.3, 0.4) is 0 Å². The summed E-state index contributed by atoms with van der Waals surface area (Å²) < 4.78 is 5.58. The highest BCUT2D eigenvalue weighted by Gasteiger charge is 2.08. The minimum absolute atomic E-state index is 0.202. The van der Waals surface area contributed by atoms with Crippen LogP contribution in [0.5, 0.6) is 0 Å². The number of nitrogen functional groups attached to an aromatic ring is 1. The minimum Gasteiger partial charge on any atom is -0.377 e. The molecule has 0 aliphatic carbocycles. The van der Waals surface area contributed by atoms with E-state index in [0.717, 1.165) is 31.1 Å². The Balaban J connectivity index is 2.66. The van der Waals surface area contributed by atoms with Gasteiger partial charge in [-0.1, -0.05) is 20.8 Å². The zero-order valence-electron chi connectivity index (χ0n) is 11.7. The van der Waals surface area contributed by atoms with Crippen molar-refractivity contribution in [2.24, 2.45) is 0 Å². The van der Waals surface area contributed by atoms with Crippen molar-refractivity contribution in [3.05, 3.63) is 11.8 Å². The summed E-state index contributed by atoms with van der Waals surface area (Å²) in [5.74, 6) is 1.42. The molecule has 0 spiro atoms. The molecule has 0 fully saturated rings.